The average molecular weight is 212 g/mol. The lowest BCUT2D eigenvalue weighted by Gasteiger charge is -2.16. The van der Waals surface area contributed by atoms with Crippen molar-refractivity contribution in [2.45, 2.75) is 25.4 Å². The molecule has 2 N–H and O–H groups in total. The molecule has 1 fully saturated rings. The highest BCUT2D eigenvalue weighted by Gasteiger charge is 2.45. The molecule has 0 aromatic heterocycles. The van der Waals surface area contributed by atoms with E-state index in [1.807, 2.05) is 0 Å². The number of hydrogen-bond acceptors (Lipinski definition) is 3. The van der Waals surface area contributed by atoms with E-state index in [0.717, 1.165) is 0 Å². The van der Waals surface area contributed by atoms with Crippen LogP contribution in [0.1, 0.15) is 24.0 Å². The predicted molar refractivity (Wildman–Crippen MR) is 52.5 cm³/mol. The van der Waals surface area contributed by atoms with E-state index in [1.54, 1.807) is 13.0 Å². The quantitative estimate of drug-likeness (QED) is 0.786. The van der Waals surface area contributed by atoms with Crippen LogP contribution in [0.15, 0.2) is 6.07 Å². The van der Waals surface area contributed by atoms with Crippen molar-refractivity contribution in [1.82, 2.24) is 0 Å². The molecule has 0 saturated heterocycles. The molecule has 1 aromatic rings. The van der Waals surface area contributed by atoms with Gasteiger partial charge in [0.1, 0.15) is 0 Å². The van der Waals surface area contributed by atoms with Gasteiger partial charge in [-0.15, -0.1) is 0 Å². The first-order valence-electron chi connectivity index (χ1n) is 4.78. The Morgan fingerprint density at radius 1 is 1.47 bits per heavy atom. The molecule has 82 valence electrons. The molecule has 1 aliphatic rings. The largest absolute Gasteiger partial charge is 0.505 e. The van der Waals surface area contributed by atoms with Crippen LogP contribution in [0.5, 0.6) is 11.5 Å². The van der Waals surface area contributed by atoms with Crippen molar-refractivity contribution < 1.29 is 19.3 Å². The highest BCUT2D eigenvalue weighted by molar-refractivity contribution is 5.50. The van der Waals surface area contributed by atoms with E-state index in [9.17, 15) is 14.6 Å². The van der Waals surface area contributed by atoms with Gasteiger partial charge >= 0.3 is 0 Å². The summed E-state index contributed by atoms with van der Waals surface area (Å²) in [6.07, 6.45) is 1.21. The number of phenolic OH excluding ortho intramolecular Hbond substituents is 1. The van der Waals surface area contributed by atoms with Crippen LogP contribution < -0.4 is 4.74 Å². The van der Waals surface area contributed by atoms with Crippen molar-refractivity contribution in [1.29, 1.82) is 0 Å². The summed E-state index contributed by atoms with van der Waals surface area (Å²) in [5.74, 6) is -1.27. The zero-order valence-electron chi connectivity index (χ0n) is 8.67. The van der Waals surface area contributed by atoms with Crippen molar-refractivity contribution >= 4 is 0 Å². The van der Waals surface area contributed by atoms with E-state index in [1.165, 1.54) is 7.11 Å². The lowest BCUT2D eigenvalue weighted by atomic mass is 10.0. The number of methoxy groups -OCH3 is 1. The predicted octanol–water partition coefficient (Wildman–Crippen LogP) is 1.83. The van der Waals surface area contributed by atoms with Gasteiger partial charge in [0.2, 0.25) is 5.82 Å². The minimum Gasteiger partial charge on any atom is -0.505 e. The molecule has 15 heavy (non-hydrogen) atoms. The fraction of sp³-hybridized carbons (Fsp3) is 0.455. The number of benzene rings is 1. The van der Waals surface area contributed by atoms with Gasteiger partial charge in [0.05, 0.1) is 12.7 Å². The summed E-state index contributed by atoms with van der Waals surface area (Å²) in [5.41, 5.74) is -0.133. The van der Waals surface area contributed by atoms with E-state index >= 15 is 0 Å². The number of aliphatic hydroxyl groups is 1. The van der Waals surface area contributed by atoms with Crippen LogP contribution in [0.4, 0.5) is 4.39 Å². The monoisotopic (exact) mass is 212 g/mol. The van der Waals surface area contributed by atoms with Gasteiger partial charge < -0.3 is 14.9 Å². The van der Waals surface area contributed by atoms with Crippen LogP contribution in [0.25, 0.3) is 0 Å². The highest BCUT2D eigenvalue weighted by atomic mass is 19.1. The molecule has 0 amide bonds. The Labute approximate surface area is 87.1 Å². The maximum Gasteiger partial charge on any atom is 0.207 e. The highest BCUT2D eigenvalue weighted by Crippen LogP contribution is 2.50. The second kappa shape index (κ2) is 3.10. The number of halogens is 1. The molecule has 1 saturated carbocycles. The van der Waals surface area contributed by atoms with Crippen molar-refractivity contribution in [3.8, 4) is 11.5 Å². The first-order chi connectivity index (χ1) is 6.99. The van der Waals surface area contributed by atoms with Crippen LogP contribution in [0.2, 0.25) is 0 Å². The third-order valence-electron chi connectivity index (χ3n) is 2.82. The molecule has 4 heteroatoms. The molecule has 1 aromatic carbocycles. The van der Waals surface area contributed by atoms with Gasteiger partial charge in [0.25, 0.3) is 0 Å². The molecule has 0 unspecified atom stereocenters. The minimum atomic E-state index is -0.968. The van der Waals surface area contributed by atoms with E-state index in [-0.39, 0.29) is 5.75 Å². The Hall–Kier alpha value is -1.29. The molecule has 1 aliphatic carbocycles. The maximum atomic E-state index is 13.6. The van der Waals surface area contributed by atoms with Crippen molar-refractivity contribution in [2.75, 3.05) is 7.11 Å². The Balaban J connectivity index is 2.63. The Morgan fingerprint density at radius 3 is 2.53 bits per heavy atom. The van der Waals surface area contributed by atoms with Crippen molar-refractivity contribution in [2.24, 2.45) is 0 Å². The van der Waals surface area contributed by atoms with Gasteiger partial charge in [0.15, 0.2) is 11.5 Å². The van der Waals surface area contributed by atoms with Crippen LogP contribution >= 0.6 is 0 Å². The summed E-state index contributed by atoms with van der Waals surface area (Å²) < 4.78 is 18.5. The van der Waals surface area contributed by atoms with Crippen molar-refractivity contribution in [3.05, 3.63) is 23.0 Å². The molecule has 0 aliphatic heterocycles. The lowest BCUT2D eigenvalue weighted by Crippen LogP contribution is -2.09. The Kier molecular flexibility index (Phi) is 2.12. The van der Waals surface area contributed by atoms with Crippen LogP contribution in [-0.4, -0.2) is 17.3 Å². The number of hydrogen-bond donors (Lipinski definition) is 2. The Bertz CT molecular complexity index is 411. The van der Waals surface area contributed by atoms with Gasteiger partial charge in [-0.1, -0.05) is 0 Å². The normalized spacial score (nSPS) is 17.6. The molecule has 0 spiro atoms. The fourth-order valence-corrected chi connectivity index (χ4v) is 1.68. The van der Waals surface area contributed by atoms with Gasteiger partial charge in [0, 0.05) is 5.56 Å². The summed E-state index contributed by atoms with van der Waals surface area (Å²) in [5, 5.41) is 19.3. The number of aromatic hydroxyl groups is 1. The van der Waals surface area contributed by atoms with Crippen LogP contribution in [0, 0.1) is 12.7 Å². The number of phenols is 1. The van der Waals surface area contributed by atoms with E-state index < -0.39 is 17.2 Å². The first kappa shape index (κ1) is 10.2. The summed E-state index contributed by atoms with van der Waals surface area (Å²) in [7, 11) is 1.32. The first-order valence-corrected chi connectivity index (χ1v) is 4.78. The molecule has 0 bridgehead atoms. The third-order valence-corrected chi connectivity index (χ3v) is 2.82. The van der Waals surface area contributed by atoms with Gasteiger partial charge in [-0.2, -0.15) is 4.39 Å². The van der Waals surface area contributed by atoms with Gasteiger partial charge in [-0.05, 0) is 31.4 Å². The fourth-order valence-electron chi connectivity index (χ4n) is 1.68. The van der Waals surface area contributed by atoms with E-state index in [0.29, 0.717) is 24.0 Å². The summed E-state index contributed by atoms with van der Waals surface area (Å²) >= 11 is 0. The number of aryl methyl sites for hydroxylation is 1. The van der Waals surface area contributed by atoms with Gasteiger partial charge in [-0.25, -0.2) is 0 Å². The summed E-state index contributed by atoms with van der Waals surface area (Å²) in [4.78, 5) is 0. The van der Waals surface area contributed by atoms with E-state index in [2.05, 4.69) is 0 Å². The smallest absolute Gasteiger partial charge is 0.207 e. The zero-order chi connectivity index (χ0) is 11.2. The molecule has 0 heterocycles. The summed E-state index contributed by atoms with van der Waals surface area (Å²) in [6, 6.07) is 1.57. The lowest BCUT2D eigenvalue weighted by molar-refractivity contribution is 0.146. The average Bonchev–Trinajstić information content (AvgIpc) is 2.94. The molecule has 2 rings (SSSR count). The zero-order valence-corrected chi connectivity index (χ0v) is 8.67. The molecule has 3 nitrogen and oxygen atoms in total. The van der Waals surface area contributed by atoms with Gasteiger partial charge in [-0.3, -0.25) is 0 Å². The topological polar surface area (TPSA) is 49.7 Å². The minimum absolute atomic E-state index is 0.0573. The van der Waals surface area contributed by atoms with Crippen LogP contribution in [0.3, 0.4) is 0 Å². The molecular formula is C11H13FO3. The third kappa shape index (κ3) is 1.45. The summed E-state index contributed by atoms with van der Waals surface area (Å²) in [6.45, 7) is 1.59. The second-order valence-corrected chi connectivity index (χ2v) is 3.97. The van der Waals surface area contributed by atoms with Crippen LogP contribution in [-0.2, 0) is 5.60 Å². The second-order valence-electron chi connectivity index (χ2n) is 3.97. The number of ether oxygens (including phenoxy) is 1. The molecule has 0 atom stereocenters. The molecule has 0 radical (unpaired) electrons. The maximum absolute atomic E-state index is 13.6. The number of rotatable bonds is 2. The SMILES string of the molecule is COc1c(C2(O)CC2)cc(C)c(O)c1F. The Morgan fingerprint density at radius 2 is 2.07 bits per heavy atom. The van der Waals surface area contributed by atoms with E-state index in [4.69, 9.17) is 4.74 Å². The molecular weight excluding hydrogens is 199 g/mol. The standard InChI is InChI=1S/C11H13FO3/c1-6-5-7(11(14)3-4-11)10(15-2)8(12)9(6)13/h5,13-14H,3-4H2,1-2H3. The van der Waals surface area contributed by atoms with Crippen molar-refractivity contribution in [3.63, 3.8) is 0 Å².